The maximum Gasteiger partial charge on any atom is 0.164 e. The third kappa shape index (κ3) is 3.40. The van der Waals surface area contributed by atoms with Gasteiger partial charge in [-0.3, -0.25) is 0 Å². The molecule has 0 saturated carbocycles. The average molecular weight is 424 g/mol. The maximum absolute atomic E-state index is 9.31. The molecule has 0 spiro atoms. The first-order chi connectivity index (χ1) is 16.3. The van der Waals surface area contributed by atoms with Crippen LogP contribution in [0.1, 0.15) is 5.56 Å². The summed E-state index contributed by atoms with van der Waals surface area (Å²) in [5.41, 5.74) is 4.78. The van der Waals surface area contributed by atoms with Crippen LogP contribution in [0.3, 0.4) is 0 Å². The SMILES string of the molecule is N#Cc1ccc2oc3ccc(-c4nc(-c5ccccc5)nc(-c5ccccc5)n4)cc3c2c1. The van der Waals surface area contributed by atoms with Crippen LogP contribution >= 0.6 is 0 Å². The molecule has 0 bridgehead atoms. The minimum absolute atomic E-state index is 0.579. The second-order valence-corrected chi connectivity index (χ2v) is 7.67. The average Bonchev–Trinajstić information content (AvgIpc) is 3.26. The predicted molar refractivity (Wildman–Crippen MR) is 128 cm³/mol. The number of hydrogen-bond acceptors (Lipinski definition) is 5. The highest BCUT2D eigenvalue weighted by Gasteiger charge is 2.14. The normalized spacial score (nSPS) is 11.0. The topological polar surface area (TPSA) is 75.6 Å². The second-order valence-electron chi connectivity index (χ2n) is 7.67. The Bertz CT molecular complexity index is 1610. The van der Waals surface area contributed by atoms with Crippen molar-refractivity contribution in [1.29, 1.82) is 5.26 Å². The van der Waals surface area contributed by atoms with Crippen molar-refractivity contribution in [2.24, 2.45) is 0 Å². The predicted octanol–water partition coefficient (Wildman–Crippen LogP) is 6.64. The lowest BCUT2D eigenvalue weighted by molar-refractivity contribution is 0.669. The minimum Gasteiger partial charge on any atom is -0.456 e. The molecule has 0 radical (unpaired) electrons. The van der Waals surface area contributed by atoms with Crippen LogP contribution < -0.4 is 0 Å². The van der Waals surface area contributed by atoms with Crippen LogP contribution in [0.4, 0.5) is 0 Å². The van der Waals surface area contributed by atoms with Gasteiger partial charge in [0.15, 0.2) is 17.5 Å². The van der Waals surface area contributed by atoms with E-state index in [0.717, 1.165) is 38.6 Å². The van der Waals surface area contributed by atoms with Crippen molar-refractivity contribution in [3.63, 3.8) is 0 Å². The molecule has 2 aromatic heterocycles. The highest BCUT2D eigenvalue weighted by Crippen LogP contribution is 2.33. The molecule has 0 atom stereocenters. The summed E-state index contributed by atoms with van der Waals surface area (Å²) in [5, 5.41) is 11.1. The molecule has 0 unspecified atom stereocenters. The molecule has 4 aromatic carbocycles. The van der Waals surface area contributed by atoms with E-state index in [-0.39, 0.29) is 0 Å². The minimum atomic E-state index is 0.579. The van der Waals surface area contributed by atoms with Crippen LogP contribution in [0.2, 0.25) is 0 Å². The van der Waals surface area contributed by atoms with Crippen LogP contribution in [-0.2, 0) is 0 Å². The van der Waals surface area contributed by atoms with E-state index in [9.17, 15) is 5.26 Å². The number of nitriles is 1. The van der Waals surface area contributed by atoms with Gasteiger partial charge in [-0.25, -0.2) is 15.0 Å². The Balaban J connectivity index is 1.57. The lowest BCUT2D eigenvalue weighted by Gasteiger charge is -2.08. The Morgan fingerprint density at radius 3 is 1.64 bits per heavy atom. The van der Waals surface area contributed by atoms with Gasteiger partial charge in [0.25, 0.3) is 0 Å². The van der Waals surface area contributed by atoms with Gasteiger partial charge >= 0.3 is 0 Å². The standard InChI is InChI=1S/C28H16N4O/c29-17-18-11-13-24-22(15-18)23-16-21(12-14-25(23)33-24)28-31-26(19-7-3-1-4-8-19)30-27(32-28)20-9-5-2-6-10-20/h1-16H. The van der Waals surface area contributed by atoms with Crippen molar-refractivity contribution < 1.29 is 4.42 Å². The van der Waals surface area contributed by atoms with E-state index in [1.165, 1.54) is 0 Å². The van der Waals surface area contributed by atoms with Gasteiger partial charge in [0.2, 0.25) is 0 Å². The van der Waals surface area contributed by atoms with E-state index in [2.05, 4.69) is 6.07 Å². The summed E-state index contributed by atoms with van der Waals surface area (Å²) in [4.78, 5) is 14.3. The van der Waals surface area contributed by atoms with Crippen LogP contribution in [0.25, 0.3) is 56.1 Å². The van der Waals surface area contributed by atoms with Crippen LogP contribution in [0, 0.1) is 11.3 Å². The van der Waals surface area contributed by atoms with Gasteiger partial charge in [0, 0.05) is 27.5 Å². The fourth-order valence-corrected chi connectivity index (χ4v) is 3.92. The quantitative estimate of drug-likeness (QED) is 0.318. The first kappa shape index (κ1) is 18.9. The number of fused-ring (bicyclic) bond motifs is 3. The van der Waals surface area contributed by atoms with Gasteiger partial charge in [-0.05, 0) is 36.4 Å². The lowest BCUT2D eigenvalue weighted by Crippen LogP contribution is -2.00. The van der Waals surface area contributed by atoms with E-state index >= 15 is 0 Å². The Morgan fingerprint density at radius 1 is 0.545 bits per heavy atom. The molecule has 0 N–H and O–H groups in total. The molecule has 5 nitrogen and oxygen atoms in total. The maximum atomic E-state index is 9.31. The van der Waals surface area contributed by atoms with Crippen molar-refractivity contribution in [3.05, 3.63) is 103 Å². The van der Waals surface area contributed by atoms with Crippen molar-refractivity contribution in [2.75, 3.05) is 0 Å². The second kappa shape index (κ2) is 7.70. The Kier molecular flexibility index (Phi) is 4.41. The van der Waals surface area contributed by atoms with E-state index < -0.39 is 0 Å². The largest absolute Gasteiger partial charge is 0.456 e. The fraction of sp³-hybridized carbons (Fsp3) is 0. The van der Waals surface area contributed by atoms with Gasteiger partial charge in [-0.2, -0.15) is 5.26 Å². The zero-order valence-corrected chi connectivity index (χ0v) is 17.4. The molecule has 0 aliphatic heterocycles. The number of furan rings is 1. The molecule has 0 amide bonds. The Morgan fingerprint density at radius 2 is 1.06 bits per heavy atom. The first-order valence-electron chi connectivity index (χ1n) is 10.5. The molecule has 0 aliphatic carbocycles. The molecule has 5 heteroatoms. The molecule has 154 valence electrons. The fourth-order valence-electron chi connectivity index (χ4n) is 3.92. The van der Waals surface area contributed by atoms with Crippen LogP contribution in [0.5, 0.6) is 0 Å². The highest BCUT2D eigenvalue weighted by atomic mass is 16.3. The lowest BCUT2D eigenvalue weighted by atomic mass is 10.1. The highest BCUT2D eigenvalue weighted by molar-refractivity contribution is 6.06. The summed E-state index contributed by atoms with van der Waals surface area (Å²) in [6, 6.07) is 33.3. The number of hydrogen-bond donors (Lipinski definition) is 0. The third-order valence-electron chi connectivity index (χ3n) is 5.56. The Hall–Kier alpha value is -4.82. The summed E-state index contributed by atoms with van der Waals surface area (Å²) in [5.74, 6) is 1.81. The molecule has 0 fully saturated rings. The summed E-state index contributed by atoms with van der Waals surface area (Å²) in [6.45, 7) is 0. The number of nitrogens with zero attached hydrogens (tertiary/aromatic N) is 4. The summed E-state index contributed by atoms with van der Waals surface area (Å²) >= 11 is 0. The van der Waals surface area contributed by atoms with Crippen molar-refractivity contribution in [3.8, 4) is 40.2 Å². The molecule has 33 heavy (non-hydrogen) atoms. The Labute approximate surface area is 189 Å². The monoisotopic (exact) mass is 424 g/mol. The van der Waals surface area contributed by atoms with Gasteiger partial charge < -0.3 is 4.42 Å². The number of rotatable bonds is 3. The molecule has 0 saturated heterocycles. The number of aromatic nitrogens is 3. The zero-order valence-electron chi connectivity index (χ0n) is 17.4. The van der Waals surface area contributed by atoms with E-state index in [1.54, 1.807) is 6.07 Å². The molecular formula is C28H16N4O. The van der Waals surface area contributed by atoms with Crippen LogP contribution in [0.15, 0.2) is 101 Å². The van der Waals surface area contributed by atoms with Gasteiger partial charge in [-0.1, -0.05) is 60.7 Å². The smallest absolute Gasteiger partial charge is 0.164 e. The molecule has 2 heterocycles. The van der Waals surface area contributed by atoms with Gasteiger partial charge in [0.05, 0.1) is 11.6 Å². The first-order valence-corrected chi connectivity index (χ1v) is 10.5. The molecule has 6 rings (SSSR count). The number of benzene rings is 4. The van der Waals surface area contributed by atoms with E-state index in [1.807, 2.05) is 91.0 Å². The third-order valence-corrected chi connectivity index (χ3v) is 5.56. The summed E-state index contributed by atoms with van der Waals surface area (Å²) < 4.78 is 5.97. The molecule has 0 aliphatic rings. The van der Waals surface area contributed by atoms with Gasteiger partial charge in [-0.15, -0.1) is 0 Å². The summed E-state index contributed by atoms with van der Waals surface area (Å²) in [6.07, 6.45) is 0. The van der Waals surface area contributed by atoms with E-state index in [4.69, 9.17) is 19.4 Å². The van der Waals surface area contributed by atoms with Crippen molar-refractivity contribution in [2.45, 2.75) is 0 Å². The molecular weight excluding hydrogens is 408 g/mol. The van der Waals surface area contributed by atoms with E-state index in [0.29, 0.717) is 23.0 Å². The van der Waals surface area contributed by atoms with Crippen molar-refractivity contribution >= 4 is 21.9 Å². The zero-order chi connectivity index (χ0) is 22.2. The molecule has 6 aromatic rings. The van der Waals surface area contributed by atoms with Gasteiger partial charge in [0.1, 0.15) is 11.2 Å². The van der Waals surface area contributed by atoms with Crippen molar-refractivity contribution in [1.82, 2.24) is 15.0 Å². The van der Waals surface area contributed by atoms with Crippen LogP contribution in [-0.4, -0.2) is 15.0 Å². The summed E-state index contributed by atoms with van der Waals surface area (Å²) in [7, 11) is 0.